The third kappa shape index (κ3) is 4.27. The molecule has 0 unspecified atom stereocenters. The number of aryl methyl sites for hydroxylation is 1. The highest BCUT2D eigenvalue weighted by Crippen LogP contribution is 2.21. The van der Waals surface area contributed by atoms with Gasteiger partial charge in [0.2, 0.25) is 5.91 Å². The lowest BCUT2D eigenvalue weighted by Gasteiger charge is -2.09. The monoisotopic (exact) mass is 401 g/mol. The maximum Gasteiger partial charge on any atom is 0.235 e. The topological polar surface area (TPSA) is 46.9 Å². The van der Waals surface area contributed by atoms with Gasteiger partial charge in [-0.15, -0.1) is 11.8 Å². The number of nitrogens with zero attached hydrogens (tertiary/aromatic N) is 2. The summed E-state index contributed by atoms with van der Waals surface area (Å²) in [4.78, 5) is 13.3. The number of amides is 1. The van der Waals surface area contributed by atoms with Crippen LogP contribution in [0, 0.1) is 6.92 Å². The van der Waals surface area contributed by atoms with Crippen molar-refractivity contribution in [2.45, 2.75) is 11.8 Å². The van der Waals surface area contributed by atoms with Crippen molar-refractivity contribution in [1.82, 2.24) is 9.78 Å². The van der Waals surface area contributed by atoms with Gasteiger partial charge in [0, 0.05) is 15.4 Å². The molecule has 3 aromatic rings. The summed E-state index contributed by atoms with van der Waals surface area (Å²) in [6.45, 7) is 1.91. The second-order valence-corrected chi connectivity index (χ2v) is 7.17. The largest absolute Gasteiger partial charge is 0.310 e. The van der Waals surface area contributed by atoms with E-state index in [0.29, 0.717) is 11.6 Å². The molecule has 122 valence electrons. The van der Waals surface area contributed by atoms with Gasteiger partial charge in [-0.1, -0.05) is 34.1 Å². The van der Waals surface area contributed by atoms with Gasteiger partial charge in [0.15, 0.2) is 0 Å². The molecule has 0 saturated heterocycles. The van der Waals surface area contributed by atoms with Gasteiger partial charge in [-0.25, -0.2) is 4.68 Å². The van der Waals surface area contributed by atoms with Gasteiger partial charge in [0.05, 0.1) is 17.1 Å². The number of thioether (sulfide) groups is 1. The summed E-state index contributed by atoms with van der Waals surface area (Å²) < 4.78 is 2.77. The van der Waals surface area contributed by atoms with Crippen molar-refractivity contribution in [1.29, 1.82) is 0 Å². The molecular formula is C18H16BrN3OS. The third-order valence-corrected chi connectivity index (χ3v) is 4.82. The van der Waals surface area contributed by atoms with Crippen LogP contribution in [0.15, 0.2) is 70.0 Å². The van der Waals surface area contributed by atoms with Crippen molar-refractivity contribution in [3.05, 3.63) is 70.8 Å². The minimum absolute atomic E-state index is 0.0556. The van der Waals surface area contributed by atoms with Gasteiger partial charge >= 0.3 is 0 Å². The lowest BCUT2D eigenvalue weighted by molar-refractivity contribution is -0.113. The zero-order valence-electron chi connectivity index (χ0n) is 13.1. The maximum atomic E-state index is 12.3. The zero-order valence-corrected chi connectivity index (χ0v) is 15.5. The summed E-state index contributed by atoms with van der Waals surface area (Å²) in [5.41, 5.74) is 1.77. The van der Waals surface area contributed by atoms with Crippen LogP contribution in [0.5, 0.6) is 0 Å². The van der Waals surface area contributed by atoms with E-state index >= 15 is 0 Å². The minimum atomic E-state index is -0.0556. The molecule has 3 rings (SSSR count). The van der Waals surface area contributed by atoms with Crippen molar-refractivity contribution in [2.24, 2.45) is 0 Å². The summed E-state index contributed by atoms with van der Waals surface area (Å²) in [5.74, 6) is 0.973. The lowest BCUT2D eigenvalue weighted by Crippen LogP contribution is -2.16. The van der Waals surface area contributed by atoms with E-state index in [1.165, 1.54) is 11.8 Å². The molecule has 0 aliphatic carbocycles. The molecule has 4 nitrogen and oxygen atoms in total. The molecular weight excluding hydrogens is 386 g/mol. The van der Waals surface area contributed by atoms with Gasteiger partial charge < -0.3 is 5.32 Å². The summed E-state index contributed by atoms with van der Waals surface area (Å²) in [6, 6.07) is 19.5. The van der Waals surface area contributed by atoms with E-state index in [-0.39, 0.29) is 5.91 Å². The van der Waals surface area contributed by atoms with Crippen LogP contribution in [-0.4, -0.2) is 21.4 Å². The summed E-state index contributed by atoms with van der Waals surface area (Å²) in [7, 11) is 0. The van der Waals surface area contributed by atoms with Crippen molar-refractivity contribution in [3.63, 3.8) is 0 Å². The summed E-state index contributed by atoms with van der Waals surface area (Å²) in [6.07, 6.45) is 0. The van der Waals surface area contributed by atoms with Gasteiger partial charge in [-0.3, -0.25) is 4.79 Å². The van der Waals surface area contributed by atoms with Crippen molar-refractivity contribution < 1.29 is 4.79 Å². The molecule has 0 bridgehead atoms. The van der Waals surface area contributed by atoms with E-state index in [4.69, 9.17) is 0 Å². The number of para-hydroxylation sites is 1. The molecule has 1 aromatic heterocycles. The Morgan fingerprint density at radius 2 is 1.88 bits per heavy atom. The van der Waals surface area contributed by atoms with Crippen LogP contribution in [0.2, 0.25) is 0 Å². The first-order valence-electron chi connectivity index (χ1n) is 7.42. The fourth-order valence-electron chi connectivity index (χ4n) is 2.21. The number of hydrogen-bond acceptors (Lipinski definition) is 3. The van der Waals surface area contributed by atoms with E-state index in [0.717, 1.165) is 20.7 Å². The molecule has 0 saturated carbocycles. The van der Waals surface area contributed by atoms with Crippen LogP contribution >= 0.6 is 27.7 Å². The molecule has 0 radical (unpaired) electrons. The minimum Gasteiger partial charge on any atom is -0.310 e. The average Bonchev–Trinajstić information content (AvgIpc) is 2.95. The predicted molar refractivity (Wildman–Crippen MR) is 102 cm³/mol. The van der Waals surface area contributed by atoms with Crippen LogP contribution in [0.1, 0.15) is 5.69 Å². The molecule has 1 N–H and O–H groups in total. The predicted octanol–water partition coefficient (Wildman–Crippen LogP) is 4.67. The van der Waals surface area contributed by atoms with Crippen molar-refractivity contribution in [3.8, 4) is 5.69 Å². The second-order valence-electron chi connectivity index (χ2n) is 5.21. The Morgan fingerprint density at radius 1 is 1.17 bits per heavy atom. The number of carbonyl (C=O) groups excluding carboxylic acids is 1. The SMILES string of the molecule is Cc1cc(NC(=O)CSc2ccc(Br)cc2)n(-c2ccccc2)n1. The Balaban J connectivity index is 1.67. The quantitative estimate of drug-likeness (QED) is 0.631. The molecule has 6 heteroatoms. The van der Waals surface area contributed by atoms with Crippen LogP contribution in [0.25, 0.3) is 5.69 Å². The van der Waals surface area contributed by atoms with Crippen molar-refractivity contribution in [2.75, 3.05) is 11.1 Å². The highest BCUT2D eigenvalue weighted by atomic mass is 79.9. The standard InChI is InChI=1S/C18H16BrN3OS/c1-13-11-17(22(21-13)15-5-3-2-4-6-15)20-18(23)12-24-16-9-7-14(19)8-10-16/h2-11H,12H2,1H3,(H,20,23). The number of hydrogen-bond donors (Lipinski definition) is 1. The van der Waals surface area contributed by atoms with E-state index in [1.807, 2.05) is 67.6 Å². The highest BCUT2D eigenvalue weighted by molar-refractivity contribution is 9.10. The van der Waals surface area contributed by atoms with E-state index < -0.39 is 0 Å². The van der Waals surface area contributed by atoms with Crippen LogP contribution in [0.3, 0.4) is 0 Å². The third-order valence-electron chi connectivity index (χ3n) is 3.28. The first-order chi connectivity index (χ1) is 11.6. The van der Waals surface area contributed by atoms with Crippen molar-refractivity contribution >= 4 is 39.4 Å². The van der Waals surface area contributed by atoms with Crippen LogP contribution < -0.4 is 5.32 Å². The smallest absolute Gasteiger partial charge is 0.235 e. The van der Waals surface area contributed by atoms with Gasteiger partial charge in [-0.2, -0.15) is 5.10 Å². The Hall–Kier alpha value is -2.05. The molecule has 0 spiro atoms. The Kier molecular flexibility index (Phi) is 5.37. The highest BCUT2D eigenvalue weighted by Gasteiger charge is 2.11. The molecule has 2 aromatic carbocycles. The molecule has 0 fully saturated rings. The number of aromatic nitrogens is 2. The summed E-state index contributed by atoms with van der Waals surface area (Å²) >= 11 is 4.91. The van der Waals surface area contributed by atoms with Crippen LogP contribution in [0.4, 0.5) is 5.82 Å². The lowest BCUT2D eigenvalue weighted by atomic mass is 10.3. The van der Waals surface area contributed by atoms with Gasteiger partial charge in [0.1, 0.15) is 5.82 Å². The number of anilines is 1. The fourth-order valence-corrected chi connectivity index (χ4v) is 3.18. The number of benzene rings is 2. The Bertz CT molecular complexity index is 831. The normalized spacial score (nSPS) is 10.6. The first-order valence-corrected chi connectivity index (χ1v) is 9.20. The van der Waals surface area contributed by atoms with Gasteiger partial charge in [0.25, 0.3) is 0 Å². The molecule has 24 heavy (non-hydrogen) atoms. The van der Waals surface area contributed by atoms with Crippen LogP contribution in [-0.2, 0) is 4.79 Å². The Morgan fingerprint density at radius 3 is 2.58 bits per heavy atom. The van der Waals surface area contributed by atoms with E-state index in [2.05, 4.69) is 26.3 Å². The molecule has 1 amide bonds. The second kappa shape index (κ2) is 7.68. The molecule has 0 aliphatic heterocycles. The molecule has 0 atom stereocenters. The fraction of sp³-hybridized carbons (Fsp3) is 0.111. The number of halogens is 1. The molecule has 0 aliphatic rings. The number of rotatable bonds is 5. The maximum absolute atomic E-state index is 12.3. The molecule has 1 heterocycles. The average molecular weight is 402 g/mol. The Labute approximate surface area is 153 Å². The summed E-state index contributed by atoms with van der Waals surface area (Å²) in [5, 5.41) is 7.39. The van der Waals surface area contributed by atoms with E-state index in [1.54, 1.807) is 4.68 Å². The van der Waals surface area contributed by atoms with Gasteiger partial charge in [-0.05, 0) is 43.3 Å². The zero-order chi connectivity index (χ0) is 16.9. The first kappa shape index (κ1) is 16.8. The number of carbonyl (C=O) groups is 1. The van der Waals surface area contributed by atoms with E-state index in [9.17, 15) is 4.79 Å². The number of nitrogens with one attached hydrogen (secondary N) is 1.